The van der Waals surface area contributed by atoms with Crippen molar-refractivity contribution in [1.29, 1.82) is 0 Å². The fourth-order valence-electron chi connectivity index (χ4n) is 1.94. The standard InChI is InChI=1S/C16H29N3/c1-8-13(3)19(7)15-12(2)9-14(10-17-15)11-18-16(4,5)6/h9-10,13,18H,8,11H2,1-7H3. The van der Waals surface area contributed by atoms with Gasteiger partial charge < -0.3 is 10.2 Å². The number of hydrogen-bond donors (Lipinski definition) is 1. The highest BCUT2D eigenvalue weighted by Gasteiger charge is 2.13. The average Bonchev–Trinajstić information content (AvgIpc) is 2.34. The first-order valence-electron chi connectivity index (χ1n) is 7.18. The van der Waals surface area contributed by atoms with E-state index >= 15 is 0 Å². The highest BCUT2D eigenvalue weighted by molar-refractivity contribution is 5.47. The summed E-state index contributed by atoms with van der Waals surface area (Å²) in [5, 5.41) is 3.49. The van der Waals surface area contributed by atoms with Gasteiger partial charge in [0.25, 0.3) is 0 Å². The highest BCUT2D eigenvalue weighted by atomic mass is 15.2. The summed E-state index contributed by atoms with van der Waals surface area (Å²) in [6.07, 6.45) is 3.12. The Labute approximate surface area is 118 Å². The fraction of sp³-hybridized carbons (Fsp3) is 0.688. The van der Waals surface area contributed by atoms with E-state index in [4.69, 9.17) is 0 Å². The number of pyridine rings is 1. The second-order valence-corrected chi connectivity index (χ2v) is 6.46. The Bertz CT molecular complexity index is 407. The molecule has 0 aliphatic carbocycles. The summed E-state index contributed by atoms with van der Waals surface area (Å²) in [7, 11) is 2.12. The van der Waals surface area contributed by atoms with Gasteiger partial charge in [0, 0.05) is 31.4 Å². The van der Waals surface area contributed by atoms with Crippen LogP contribution in [0, 0.1) is 6.92 Å². The van der Waals surface area contributed by atoms with Gasteiger partial charge in [-0.25, -0.2) is 4.98 Å². The van der Waals surface area contributed by atoms with E-state index in [0.717, 1.165) is 18.8 Å². The van der Waals surface area contributed by atoms with E-state index < -0.39 is 0 Å². The summed E-state index contributed by atoms with van der Waals surface area (Å²) in [5.41, 5.74) is 2.63. The molecule has 0 fully saturated rings. The summed E-state index contributed by atoms with van der Waals surface area (Å²) in [5.74, 6) is 1.09. The van der Waals surface area contributed by atoms with E-state index in [0.29, 0.717) is 6.04 Å². The monoisotopic (exact) mass is 263 g/mol. The molecule has 1 heterocycles. The van der Waals surface area contributed by atoms with Gasteiger partial charge in [0.2, 0.25) is 0 Å². The van der Waals surface area contributed by atoms with Gasteiger partial charge in [0.05, 0.1) is 0 Å². The molecule has 1 N–H and O–H groups in total. The Morgan fingerprint density at radius 1 is 1.37 bits per heavy atom. The number of hydrogen-bond acceptors (Lipinski definition) is 3. The van der Waals surface area contributed by atoms with Gasteiger partial charge in [0.1, 0.15) is 5.82 Å². The fourth-order valence-corrected chi connectivity index (χ4v) is 1.94. The predicted molar refractivity (Wildman–Crippen MR) is 83.7 cm³/mol. The van der Waals surface area contributed by atoms with Crippen molar-refractivity contribution in [2.45, 2.75) is 66.1 Å². The zero-order valence-corrected chi connectivity index (χ0v) is 13.5. The second-order valence-electron chi connectivity index (χ2n) is 6.46. The van der Waals surface area contributed by atoms with E-state index in [-0.39, 0.29) is 5.54 Å². The minimum Gasteiger partial charge on any atom is -0.357 e. The number of nitrogens with one attached hydrogen (secondary N) is 1. The van der Waals surface area contributed by atoms with Crippen molar-refractivity contribution in [3.05, 3.63) is 23.4 Å². The van der Waals surface area contributed by atoms with E-state index in [1.165, 1.54) is 11.1 Å². The summed E-state index contributed by atoms with van der Waals surface area (Å²) >= 11 is 0. The molecular weight excluding hydrogens is 234 g/mol. The van der Waals surface area contributed by atoms with E-state index in [1.807, 2.05) is 6.20 Å². The zero-order chi connectivity index (χ0) is 14.6. The predicted octanol–water partition coefficient (Wildman–Crippen LogP) is 3.51. The first-order valence-corrected chi connectivity index (χ1v) is 7.18. The third-order valence-electron chi connectivity index (χ3n) is 3.52. The minimum absolute atomic E-state index is 0.139. The lowest BCUT2D eigenvalue weighted by molar-refractivity contribution is 0.424. The maximum atomic E-state index is 4.63. The molecule has 0 saturated carbocycles. The van der Waals surface area contributed by atoms with Crippen molar-refractivity contribution < 1.29 is 0 Å². The van der Waals surface area contributed by atoms with E-state index in [2.05, 4.69) is 69.9 Å². The van der Waals surface area contributed by atoms with Crippen LogP contribution in [0.4, 0.5) is 5.82 Å². The normalized spacial score (nSPS) is 13.4. The highest BCUT2D eigenvalue weighted by Crippen LogP contribution is 2.20. The lowest BCUT2D eigenvalue weighted by atomic mass is 10.1. The molecule has 0 saturated heterocycles. The largest absolute Gasteiger partial charge is 0.357 e. The summed E-state index contributed by atoms with van der Waals surface area (Å²) in [6.45, 7) is 14.0. The van der Waals surface area contributed by atoms with Gasteiger partial charge in [-0.15, -0.1) is 0 Å². The smallest absolute Gasteiger partial charge is 0.131 e. The molecule has 3 nitrogen and oxygen atoms in total. The summed E-state index contributed by atoms with van der Waals surface area (Å²) in [6, 6.07) is 2.75. The molecule has 3 heteroatoms. The first kappa shape index (κ1) is 16.0. The molecule has 1 aromatic rings. The van der Waals surface area contributed by atoms with E-state index in [1.54, 1.807) is 0 Å². The molecule has 0 bridgehead atoms. The maximum Gasteiger partial charge on any atom is 0.131 e. The number of aryl methyl sites for hydroxylation is 1. The summed E-state index contributed by atoms with van der Waals surface area (Å²) in [4.78, 5) is 6.89. The van der Waals surface area contributed by atoms with Crippen LogP contribution < -0.4 is 10.2 Å². The van der Waals surface area contributed by atoms with Crippen LogP contribution in [0.3, 0.4) is 0 Å². The van der Waals surface area contributed by atoms with Crippen molar-refractivity contribution in [2.75, 3.05) is 11.9 Å². The van der Waals surface area contributed by atoms with Crippen molar-refractivity contribution in [1.82, 2.24) is 10.3 Å². The molecule has 1 atom stereocenters. The van der Waals surface area contributed by atoms with Crippen molar-refractivity contribution in [2.24, 2.45) is 0 Å². The van der Waals surface area contributed by atoms with Crippen LogP contribution in [0.2, 0.25) is 0 Å². The van der Waals surface area contributed by atoms with Gasteiger partial charge in [-0.3, -0.25) is 0 Å². The van der Waals surface area contributed by atoms with Crippen LogP contribution in [0.25, 0.3) is 0 Å². The number of aromatic nitrogens is 1. The van der Waals surface area contributed by atoms with Gasteiger partial charge in [0.15, 0.2) is 0 Å². The molecule has 0 amide bonds. The van der Waals surface area contributed by atoms with Crippen molar-refractivity contribution in [3.63, 3.8) is 0 Å². The Hall–Kier alpha value is -1.09. The number of anilines is 1. The molecule has 1 unspecified atom stereocenters. The number of rotatable bonds is 5. The molecule has 0 spiro atoms. The van der Waals surface area contributed by atoms with E-state index in [9.17, 15) is 0 Å². The molecule has 19 heavy (non-hydrogen) atoms. The molecule has 1 rings (SSSR count). The summed E-state index contributed by atoms with van der Waals surface area (Å²) < 4.78 is 0. The third kappa shape index (κ3) is 4.83. The SMILES string of the molecule is CCC(C)N(C)c1ncc(CNC(C)(C)C)cc1C. The third-order valence-corrected chi connectivity index (χ3v) is 3.52. The second kappa shape index (κ2) is 6.38. The number of nitrogens with zero attached hydrogens (tertiary/aromatic N) is 2. The van der Waals surface area contributed by atoms with Crippen LogP contribution in [-0.2, 0) is 6.54 Å². The zero-order valence-electron chi connectivity index (χ0n) is 13.5. The molecule has 0 aliphatic rings. The van der Waals surface area contributed by atoms with Crippen molar-refractivity contribution in [3.8, 4) is 0 Å². The van der Waals surface area contributed by atoms with Crippen LogP contribution >= 0.6 is 0 Å². The molecule has 0 aliphatic heterocycles. The Morgan fingerprint density at radius 3 is 2.47 bits per heavy atom. The molecule has 1 aromatic heterocycles. The van der Waals surface area contributed by atoms with Crippen LogP contribution in [0.5, 0.6) is 0 Å². The topological polar surface area (TPSA) is 28.2 Å². The lowest BCUT2D eigenvalue weighted by Crippen LogP contribution is -2.35. The molecule has 0 aromatic carbocycles. The quantitative estimate of drug-likeness (QED) is 0.881. The Balaban J connectivity index is 2.80. The van der Waals surface area contributed by atoms with Gasteiger partial charge in [-0.1, -0.05) is 6.92 Å². The Kier molecular flexibility index (Phi) is 5.36. The van der Waals surface area contributed by atoms with Crippen molar-refractivity contribution >= 4 is 5.82 Å². The van der Waals surface area contributed by atoms with Crippen LogP contribution in [-0.4, -0.2) is 23.6 Å². The maximum absolute atomic E-state index is 4.63. The Morgan fingerprint density at radius 2 is 2.00 bits per heavy atom. The first-order chi connectivity index (χ1) is 8.74. The molecule has 0 radical (unpaired) electrons. The minimum atomic E-state index is 0.139. The average molecular weight is 263 g/mol. The van der Waals surface area contributed by atoms with Gasteiger partial charge in [-0.05, 0) is 58.2 Å². The molecular formula is C16H29N3. The van der Waals surface area contributed by atoms with Gasteiger partial charge in [-0.2, -0.15) is 0 Å². The lowest BCUT2D eigenvalue weighted by Gasteiger charge is -2.27. The van der Waals surface area contributed by atoms with Crippen LogP contribution in [0.1, 0.15) is 52.2 Å². The van der Waals surface area contributed by atoms with Crippen LogP contribution in [0.15, 0.2) is 12.3 Å². The van der Waals surface area contributed by atoms with Gasteiger partial charge >= 0.3 is 0 Å². The molecule has 108 valence electrons.